The van der Waals surface area contributed by atoms with Gasteiger partial charge in [-0.2, -0.15) is 0 Å². The molecule has 2 N–H and O–H groups in total. The third kappa shape index (κ3) is 4.49. The van der Waals surface area contributed by atoms with E-state index < -0.39 is 5.60 Å². The van der Waals surface area contributed by atoms with E-state index in [1.54, 1.807) is 0 Å². The summed E-state index contributed by atoms with van der Waals surface area (Å²) in [5, 5.41) is 15.8. The molecule has 2 nitrogen and oxygen atoms in total. The summed E-state index contributed by atoms with van der Waals surface area (Å²) in [6, 6.07) is 30.9. The summed E-state index contributed by atoms with van der Waals surface area (Å²) >= 11 is 0. The molecule has 0 unspecified atom stereocenters. The predicted octanol–water partition coefficient (Wildman–Crippen LogP) is 5.66. The predicted molar refractivity (Wildman–Crippen MR) is 123 cm³/mol. The third-order valence-electron chi connectivity index (χ3n) is 6.07. The lowest BCUT2D eigenvalue weighted by Crippen LogP contribution is -2.52. The number of hydrogen-bond acceptors (Lipinski definition) is 2. The van der Waals surface area contributed by atoms with Gasteiger partial charge in [0, 0.05) is 30.0 Å². The van der Waals surface area contributed by atoms with Gasteiger partial charge in [0.1, 0.15) is 5.60 Å². The summed E-state index contributed by atoms with van der Waals surface area (Å²) in [6.45, 7) is 2.18. The average Bonchev–Trinajstić information content (AvgIpc) is 2.81. The molecule has 3 aromatic carbocycles. The van der Waals surface area contributed by atoms with Gasteiger partial charge in [0.05, 0.1) is 0 Å². The largest absolute Gasteiger partial charge is 0.377 e. The zero-order chi connectivity index (χ0) is 20.8. The normalized spacial score (nSPS) is 25.9. The number of piperidine rings is 1. The van der Waals surface area contributed by atoms with Crippen LogP contribution in [-0.2, 0) is 0 Å². The van der Waals surface area contributed by atoms with Gasteiger partial charge >= 0.3 is 0 Å². The Kier molecular flexibility index (Phi) is 6.33. The minimum Gasteiger partial charge on any atom is -0.377 e. The van der Waals surface area contributed by atoms with Crippen molar-refractivity contribution in [3.05, 3.63) is 108 Å². The Bertz CT molecular complexity index is 990. The zero-order valence-electron chi connectivity index (χ0n) is 17.5. The second-order valence-corrected chi connectivity index (χ2v) is 8.16. The minimum absolute atomic E-state index is 0.0149. The van der Waals surface area contributed by atoms with Crippen LogP contribution in [0, 0.1) is 17.8 Å². The fraction of sp³-hybridized carbons (Fsp3) is 0.286. The number of nitrogens with one attached hydrogen (secondary N) is 1. The van der Waals surface area contributed by atoms with Crippen molar-refractivity contribution in [1.29, 1.82) is 0 Å². The van der Waals surface area contributed by atoms with Gasteiger partial charge in [-0.3, -0.25) is 0 Å². The second-order valence-electron chi connectivity index (χ2n) is 8.16. The molecule has 0 aliphatic carbocycles. The first-order valence-electron chi connectivity index (χ1n) is 10.9. The molecular weight excluding hydrogens is 366 g/mol. The average molecular weight is 396 g/mol. The monoisotopic (exact) mass is 395 g/mol. The molecule has 0 bridgehead atoms. The maximum Gasteiger partial charge on any atom is 0.132 e. The SMILES string of the molecule is CCC[C@@H]1[C@H](c2ccccc2)N[C@H](c2ccccc2)C[C@]1(O)C#Cc1ccccc1. The van der Waals surface area contributed by atoms with E-state index >= 15 is 0 Å². The molecule has 1 heterocycles. The van der Waals surface area contributed by atoms with Crippen LogP contribution in [0.3, 0.4) is 0 Å². The van der Waals surface area contributed by atoms with E-state index in [1.165, 1.54) is 11.1 Å². The molecule has 0 spiro atoms. The van der Waals surface area contributed by atoms with Gasteiger partial charge in [-0.05, 0) is 29.7 Å². The van der Waals surface area contributed by atoms with E-state index in [0.29, 0.717) is 6.42 Å². The standard InChI is InChI=1S/C28H29NO/c1-2-12-25-27(24-17-10-5-11-18-24)29-26(23-15-8-4-9-16-23)21-28(25,30)20-19-22-13-6-3-7-14-22/h3-11,13-18,25-27,29-30H,2,12,21H2,1H3/t25-,26+,27+,28-/m1/s1. The van der Waals surface area contributed by atoms with Crippen molar-refractivity contribution < 1.29 is 5.11 Å². The summed E-state index contributed by atoms with van der Waals surface area (Å²) in [5.74, 6) is 6.59. The molecule has 152 valence electrons. The van der Waals surface area contributed by atoms with Gasteiger partial charge in [-0.25, -0.2) is 0 Å². The van der Waals surface area contributed by atoms with Gasteiger partial charge in [-0.1, -0.05) is 104 Å². The Labute approximate surface area is 180 Å². The lowest BCUT2D eigenvalue weighted by Gasteiger charge is -2.46. The summed E-state index contributed by atoms with van der Waals surface area (Å²) in [7, 11) is 0. The molecular formula is C28H29NO. The number of aliphatic hydroxyl groups is 1. The van der Waals surface area contributed by atoms with E-state index in [-0.39, 0.29) is 18.0 Å². The zero-order valence-corrected chi connectivity index (χ0v) is 17.5. The topological polar surface area (TPSA) is 32.3 Å². The number of benzene rings is 3. The summed E-state index contributed by atoms with van der Waals surface area (Å²) in [4.78, 5) is 0. The molecule has 0 aromatic heterocycles. The van der Waals surface area contributed by atoms with Crippen LogP contribution in [-0.4, -0.2) is 10.7 Å². The fourth-order valence-electron chi connectivity index (χ4n) is 4.58. The van der Waals surface area contributed by atoms with Crippen molar-refractivity contribution in [2.45, 2.75) is 43.9 Å². The van der Waals surface area contributed by atoms with Crippen LogP contribution in [0.2, 0.25) is 0 Å². The molecule has 4 rings (SSSR count). The van der Waals surface area contributed by atoms with Gasteiger partial charge in [0.2, 0.25) is 0 Å². The van der Waals surface area contributed by atoms with Gasteiger partial charge in [0.25, 0.3) is 0 Å². The van der Waals surface area contributed by atoms with Crippen molar-refractivity contribution in [3.63, 3.8) is 0 Å². The van der Waals surface area contributed by atoms with Crippen molar-refractivity contribution in [2.24, 2.45) is 5.92 Å². The van der Waals surface area contributed by atoms with Crippen LogP contribution in [0.15, 0.2) is 91.0 Å². The molecule has 4 atom stereocenters. The van der Waals surface area contributed by atoms with Crippen LogP contribution < -0.4 is 5.32 Å². The Hall–Kier alpha value is -2.86. The highest BCUT2D eigenvalue weighted by atomic mass is 16.3. The molecule has 30 heavy (non-hydrogen) atoms. The molecule has 0 saturated carbocycles. The maximum atomic E-state index is 12.0. The van der Waals surface area contributed by atoms with Crippen LogP contribution in [0.25, 0.3) is 0 Å². The first-order valence-corrected chi connectivity index (χ1v) is 10.9. The number of rotatable bonds is 4. The molecule has 1 fully saturated rings. The van der Waals surface area contributed by atoms with Crippen LogP contribution in [0.4, 0.5) is 0 Å². The molecule has 1 aliphatic rings. The Balaban J connectivity index is 1.77. The van der Waals surface area contributed by atoms with Crippen LogP contribution in [0.1, 0.15) is 55.0 Å². The van der Waals surface area contributed by atoms with Crippen molar-refractivity contribution in [2.75, 3.05) is 0 Å². The fourth-order valence-corrected chi connectivity index (χ4v) is 4.58. The van der Waals surface area contributed by atoms with Crippen molar-refractivity contribution in [1.82, 2.24) is 5.32 Å². The third-order valence-corrected chi connectivity index (χ3v) is 6.07. The Morgan fingerprint density at radius 2 is 1.43 bits per heavy atom. The van der Waals surface area contributed by atoms with Crippen molar-refractivity contribution in [3.8, 4) is 11.8 Å². The van der Waals surface area contributed by atoms with Gasteiger partial charge in [-0.15, -0.1) is 0 Å². The van der Waals surface area contributed by atoms with Crippen LogP contribution in [0.5, 0.6) is 0 Å². The van der Waals surface area contributed by atoms with Gasteiger partial charge in [0.15, 0.2) is 0 Å². The molecule has 3 aromatic rings. The molecule has 1 saturated heterocycles. The summed E-state index contributed by atoms with van der Waals surface area (Å²) < 4.78 is 0. The Morgan fingerprint density at radius 3 is 2.03 bits per heavy atom. The summed E-state index contributed by atoms with van der Waals surface area (Å²) in [6.07, 6.45) is 2.49. The second kappa shape index (κ2) is 9.30. The molecule has 1 aliphatic heterocycles. The summed E-state index contributed by atoms with van der Waals surface area (Å²) in [5.41, 5.74) is 2.26. The quantitative estimate of drug-likeness (QED) is 0.559. The number of hydrogen-bond donors (Lipinski definition) is 2. The van der Waals surface area contributed by atoms with E-state index in [1.807, 2.05) is 42.5 Å². The maximum absolute atomic E-state index is 12.0. The van der Waals surface area contributed by atoms with E-state index in [9.17, 15) is 5.11 Å². The van der Waals surface area contributed by atoms with E-state index in [0.717, 1.165) is 18.4 Å². The van der Waals surface area contributed by atoms with E-state index in [2.05, 4.69) is 72.6 Å². The van der Waals surface area contributed by atoms with Gasteiger partial charge < -0.3 is 10.4 Å². The minimum atomic E-state index is -1.07. The molecule has 0 amide bonds. The highest BCUT2D eigenvalue weighted by Gasteiger charge is 2.47. The smallest absolute Gasteiger partial charge is 0.132 e. The Morgan fingerprint density at radius 1 is 0.867 bits per heavy atom. The van der Waals surface area contributed by atoms with Crippen LogP contribution >= 0.6 is 0 Å². The highest BCUT2D eigenvalue weighted by Crippen LogP contribution is 2.45. The first-order chi connectivity index (χ1) is 14.7. The van der Waals surface area contributed by atoms with Crippen molar-refractivity contribution >= 4 is 0 Å². The molecule has 2 heteroatoms. The highest BCUT2D eigenvalue weighted by molar-refractivity contribution is 5.38. The van der Waals surface area contributed by atoms with E-state index in [4.69, 9.17) is 0 Å². The first kappa shape index (κ1) is 20.4. The molecule has 0 radical (unpaired) electrons. The lowest BCUT2D eigenvalue weighted by molar-refractivity contribution is -0.0317. The lowest BCUT2D eigenvalue weighted by atomic mass is 9.69.